The summed E-state index contributed by atoms with van der Waals surface area (Å²) in [5.74, 6) is 0. The fourth-order valence-electron chi connectivity index (χ4n) is 11.1. The number of hydrogen-bond donors (Lipinski definition) is 0. The fourth-order valence-corrected chi connectivity index (χ4v) is 11.1. The van der Waals surface area contributed by atoms with Crippen molar-refractivity contribution in [3.8, 4) is 67.0 Å². The van der Waals surface area contributed by atoms with Gasteiger partial charge in [-0.05, 0) is 103 Å². The molecule has 14 rings (SSSR count). The predicted octanol–water partition coefficient (Wildman–Crippen LogP) is 16.8. The van der Waals surface area contributed by atoms with Crippen LogP contribution in [-0.4, -0.2) is 9.13 Å². The Morgan fingerprint density at radius 3 is 1.52 bits per heavy atom. The van der Waals surface area contributed by atoms with Gasteiger partial charge >= 0.3 is 0 Å². The summed E-state index contributed by atoms with van der Waals surface area (Å²) < 4.78 is 4.95. The third kappa shape index (κ3) is 4.96. The lowest BCUT2D eigenvalue weighted by Crippen LogP contribution is -1.99. The maximum Gasteiger partial charge on any atom is 0.0619 e. The van der Waals surface area contributed by atoms with E-state index in [4.69, 9.17) is 0 Å². The van der Waals surface area contributed by atoms with Crippen molar-refractivity contribution in [2.75, 3.05) is 0 Å². The Labute approximate surface area is 370 Å². The standard InChI is InChI=1S/C62H38N2/c1-2-16-42(17-3-1)63-57-27-12-11-24-50(57)51-32-30-40(37-59(51)63)41-31-33-52-56-34-29-39-15-4-5-18-43(39)62(56)64(60(52)38-41)58-28-13-10-23-49(58)45-20-7-6-19-44(45)48-35-36-55-47-22-9-8-21-46(47)53-25-14-26-54(48)61(53)55/h1-38H. The zero-order valence-corrected chi connectivity index (χ0v) is 34.8. The Balaban J connectivity index is 1.01. The average Bonchev–Trinajstić information content (AvgIpc) is 4.00. The van der Waals surface area contributed by atoms with Gasteiger partial charge in [-0.15, -0.1) is 0 Å². The van der Waals surface area contributed by atoms with Crippen molar-refractivity contribution >= 4 is 65.2 Å². The molecule has 0 atom stereocenters. The van der Waals surface area contributed by atoms with Crippen molar-refractivity contribution in [3.05, 3.63) is 231 Å². The molecule has 0 amide bonds. The highest BCUT2D eigenvalue weighted by atomic mass is 15.0. The summed E-state index contributed by atoms with van der Waals surface area (Å²) in [7, 11) is 0. The molecule has 64 heavy (non-hydrogen) atoms. The van der Waals surface area contributed by atoms with Gasteiger partial charge in [-0.1, -0.05) is 194 Å². The van der Waals surface area contributed by atoms with Crippen LogP contribution in [0.25, 0.3) is 132 Å². The Hall–Kier alpha value is -8.46. The number of benzene rings is 11. The molecule has 0 saturated carbocycles. The summed E-state index contributed by atoms with van der Waals surface area (Å²) in [6, 6.07) is 85.3. The van der Waals surface area contributed by atoms with E-state index in [9.17, 15) is 0 Å². The number of hydrogen-bond acceptors (Lipinski definition) is 0. The number of para-hydroxylation sites is 3. The molecule has 2 heteroatoms. The van der Waals surface area contributed by atoms with Crippen LogP contribution in [-0.2, 0) is 0 Å². The summed E-state index contributed by atoms with van der Waals surface area (Å²) >= 11 is 0. The molecule has 0 aliphatic heterocycles. The molecule has 0 spiro atoms. The van der Waals surface area contributed by atoms with E-state index in [1.165, 1.54) is 121 Å². The van der Waals surface area contributed by atoms with Gasteiger partial charge in [-0.2, -0.15) is 0 Å². The molecule has 0 unspecified atom stereocenters. The number of fused-ring (bicyclic) bond motifs is 11. The minimum atomic E-state index is 1.15. The number of nitrogens with zero attached hydrogens (tertiary/aromatic N) is 2. The highest BCUT2D eigenvalue weighted by Gasteiger charge is 2.25. The first-order chi connectivity index (χ1) is 31.8. The average molecular weight is 811 g/mol. The summed E-state index contributed by atoms with van der Waals surface area (Å²) in [6.45, 7) is 0. The van der Waals surface area contributed by atoms with Crippen molar-refractivity contribution in [1.29, 1.82) is 0 Å². The molecule has 11 aromatic carbocycles. The van der Waals surface area contributed by atoms with E-state index in [2.05, 4.69) is 240 Å². The second-order valence-electron chi connectivity index (χ2n) is 17.2. The highest BCUT2D eigenvalue weighted by molar-refractivity contribution is 6.21. The number of rotatable bonds is 5. The molecule has 0 saturated heterocycles. The van der Waals surface area contributed by atoms with E-state index >= 15 is 0 Å². The molecule has 0 fully saturated rings. The third-order valence-electron chi connectivity index (χ3n) is 13.9. The topological polar surface area (TPSA) is 9.86 Å². The maximum atomic E-state index is 2.55. The molecular weight excluding hydrogens is 773 g/mol. The van der Waals surface area contributed by atoms with Crippen LogP contribution in [0.2, 0.25) is 0 Å². The molecule has 296 valence electrons. The van der Waals surface area contributed by atoms with Crippen LogP contribution < -0.4 is 0 Å². The molecule has 13 aromatic rings. The van der Waals surface area contributed by atoms with E-state index in [-0.39, 0.29) is 0 Å². The van der Waals surface area contributed by atoms with Gasteiger partial charge in [0.25, 0.3) is 0 Å². The Morgan fingerprint density at radius 1 is 0.250 bits per heavy atom. The van der Waals surface area contributed by atoms with Crippen LogP contribution in [0.5, 0.6) is 0 Å². The quantitative estimate of drug-likeness (QED) is 0.164. The summed E-state index contributed by atoms with van der Waals surface area (Å²) in [4.78, 5) is 0. The van der Waals surface area contributed by atoms with Gasteiger partial charge in [0.05, 0.1) is 27.8 Å². The van der Waals surface area contributed by atoms with Gasteiger partial charge in [0, 0.05) is 38.2 Å². The monoisotopic (exact) mass is 810 g/mol. The molecule has 0 radical (unpaired) electrons. The summed E-state index contributed by atoms with van der Waals surface area (Å²) in [5, 5.41) is 10.1. The molecule has 2 aromatic heterocycles. The van der Waals surface area contributed by atoms with Gasteiger partial charge in [0.15, 0.2) is 0 Å². The molecule has 2 heterocycles. The van der Waals surface area contributed by atoms with Gasteiger partial charge in [-0.3, -0.25) is 0 Å². The Kier molecular flexibility index (Phi) is 7.43. The van der Waals surface area contributed by atoms with Gasteiger partial charge < -0.3 is 9.13 Å². The largest absolute Gasteiger partial charge is 0.309 e. The lowest BCUT2D eigenvalue weighted by atomic mass is 9.89. The Bertz CT molecular complexity index is 4040. The minimum absolute atomic E-state index is 1.15. The van der Waals surface area contributed by atoms with Crippen LogP contribution in [0.1, 0.15) is 0 Å². The minimum Gasteiger partial charge on any atom is -0.309 e. The van der Waals surface area contributed by atoms with Crippen LogP contribution in [0.4, 0.5) is 0 Å². The molecule has 1 aliphatic carbocycles. The lowest BCUT2D eigenvalue weighted by Gasteiger charge is -2.19. The van der Waals surface area contributed by atoms with Crippen molar-refractivity contribution in [1.82, 2.24) is 9.13 Å². The van der Waals surface area contributed by atoms with Crippen molar-refractivity contribution in [2.45, 2.75) is 0 Å². The van der Waals surface area contributed by atoms with Crippen LogP contribution in [0.15, 0.2) is 231 Å². The van der Waals surface area contributed by atoms with Crippen molar-refractivity contribution < 1.29 is 0 Å². The highest BCUT2D eigenvalue weighted by Crippen LogP contribution is 2.51. The first-order valence-electron chi connectivity index (χ1n) is 22.2. The molecule has 1 aliphatic rings. The van der Waals surface area contributed by atoms with Gasteiger partial charge in [0.2, 0.25) is 0 Å². The van der Waals surface area contributed by atoms with E-state index in [1.54, 1.807) is 0 Å². The van der Waals surface area contributed by atoms with E-state index < -0.39 is 0 Å². The van der Waals surface area contributed by atoms with E-state index in [1.807, 2.05) is 0 Å². The van der Waals surface area contributed by atoms with Crippen LogP contribution in [0, 0.1) is 0 Å². The van der Waals surface area contributed by atoms with E-state index in [0.717, 1.165) is 11.4 Å². The van der Waals surface area contributed by atoms with Gasteiger partial charge in [-0.25, -0.2) is 0 Å². The molecular formula is C62H38N2. The number of aromatic nitrogens is 2. The molecule has 0 N–H and O–H groups in total. The van der Waals surface area contributed by atoms with Gasteiger partial charge in [0.1, 0.15) is 0 Å². The first kappa shape index (κ1) is 35.2. The summed E-state index contributed by atoms with van der Waals surface area (Å²) in [6.07, 6.45) is 0. The van der Waals surface area contributed by atoms with E-state index in [0.29, 0.717) is 0 Å². The van der Waals surface area contributed by atoms with Crippen LogP contribution >= 0.6 is 0 Å². The maximum absolute atomic E-state index is 2.55. The molecule has 0 bridgehead atoms. The SMILES string of the molecule is c1ccc(-n2c3ccccc3c3ccc(-c4ccc5c6ccc7ccccc7c6n(-c6ccccc6-c6ccccc6-c6ccc7c8c(cccc68)-c6ccccc6-7)c5c4)cc32)cc1. The fraction of sp³-hybridized carbons (Fsp3) is 0. The summed E-state index contributed by atoms with van der Waals surface area (Å²) in [5.41, 5.74) is 19.6. The second-order valence-corrected chi connectivity index (χ2v) is 17.2. The first-order valence-corrected chi connectivity index (χ1v) is 22.2. The normalized spacial score (nSPS) is 12.1. The second kappa shape index (κ2) is 13.5. The van der Waals surface area contributed by atoms with Crippen molar-refractivity contribution in [3.63, 3.8) is 0 Å². The van der Waals surface area contributed by atoms with Crippen molar-refractivity contribution in [2.24, 2.45) is 0 Å². The zero-order valence-electron chi connectivity index (χ0n) is 34.8. The smallest absolute Gasteiger partial charge is 0.0619 e. The zero-order chi connectivity index (χ0) is 41.9. The lowest BCUT2D eigenvalue weighted by molar-refractivity contribution is 1.18. The van der Waals surface area contributed by atoms with Crippen LogP contribution in [0.3, 0.4) is 0 Å². The molecule has 2 nitrogen and oxygen atoms in total. The predicted molar refractivity (Wildman–Crippen MR) is 271 cm³/mol. The third-order valence-corrected chi connectivity index (χ3v) is 13.9. The Morgan fingerprint density at radius 2 is 0.750 bits per heavy atom.